The Kier molecular flexibility index (Phi) is 4.85. The second-order valence-electron chi connectivity index (χ2n) is 6.32. The molecule has 1 aromatic heterocycles. The quantitative estimate of drug-likeness (QED) is 0.659. The molecule has 2 aromatic carbocycles. The first kappa shape index (κ1) is 17.9. The molecular weight excluding hydrogens is 385 g/mol. The minimum Gasteiger partial charge on any atom is -0.494 e. The summed E-state index contributed by atoms with van der Waals surface area (Å²) >= 11 is 12.9. The number of benzene rings is 2. The Balaban J connectivity index is 1.73. The van der Waals surface area contributed by atoms with Crippen LogP contribution in [-0.2, 0) is 0 Å². The Morgan fingerprint density at radius 2 is 1.89 bits per heavy atom. The number of nitrogen functional groups attached to an aromatic ring is 1. The minimum atomic E-state index is -0.177. The third kappa shape index (κ3) is 3.42. The van der Waals surface area contributed by atoms with Crippen molar-refractivity contribution >= 4 is 35.1 Å². The van der Waals surface area contributed by atoms with Crippen molar-refractivity contribution in [2.75, 3.05) is 17.7 Å². The van der Waals surface area contributed by atoms with E-state index < -0.39 is 0 Å². The molecule has 0 radical (unpaired) electrons. The van der Waals surface area contributed by atoms with Gasteiger partial charge in [-0.1, -0.05) is 41.4 Å². The topological polar surface area (TPSA) is 78.0 Å². The highest BCUT2D eigenvalue weighted by Gasteiger charge is 2.33. The Labute approximate surface area is 167 Å². The molecule has 0 saturated carbocycles. The number of rotatable bonds is 4. The summed E-state index contributed by atoms with van der Waals surface area (Å²) < 4.78 is 7.29. The fourth-order valence-corrected chi connectivity index (χ4v) is 4.09. The van der Waals surface area contributed by atoms with Gasteiger partial charge in [0.1, 0.15) is 5.75 Å². The number of nitrogens with two attached hydrogens (primary N) is 1. The van der Waals surface area contributed by atoms with E-state index in [-0.39, 0.29) is 18.0 Å². The predicted octanol–water partition coefficient (Wildman–Crippen LogP) is 4.71. The van der Waals surface area contributed by atoms with Crippen molar-refractivity contribution in [1.82, 2.24) is 14.8 Å². The van der Waals surface area contributed by atoms with Crippen molar-refractivity contribution < 1.29 is 4.74 Å². The highest BCUT2D eigenvalue weighted by Crippen LogP contribution is 2.42. The van der Waals surface area contributed by atoms with Gasteiger partial charge < -0.3 is 15.8 Å². The van der Waals surface area contributed by atoms with Gasteiger partial charge in [-0.3, -0.25) is 0 Å². The van der Waals surface area contributed by atoms with Crippen LogP contribution in [0.1, 0.15) is 36.6 Å². The van der Waals surface area contributed by atoms with Crippen molar-refractivity contribution in [3.63, 3.8) is 0 Å². The molecule has 0 fully saturated rings. The van der Waals surface area contributed by atoms with Gasteiger partial charge in [-0.2, -0.15) is 4.98 Å². The maximum atomic E-state index is 6.47. The van der Waals surface area contributed by atoms with Crippen molar-refractivity contribution in [2.45, 2.75) is 25.4 Å². The SMILES string of the molecule is CCOc1ccc([C@H]2C[C@@H](c3c(Cl)cccc3Cl)n3nc(N)nc3N2)cc1. The second kappa shape index (κ2) is 7.29. The van der Waals surface area contributed by atoms with Gasteiger partial charge in [0.05, 0.1) is 18.7 Å². The molecule has 0 aliphatic carbocycles. The molecule has 2 heterocycles. The molecule has 27 heavy (non-hydrogen) atoms. The van der Waals surface area contributed by atoms with Crippen LogP contribution in [0.5, 0.6) is 5.75 Å². The van der Waals surface area contributed by atoms with Gasteiger partial charge in [0.2, 0.25) is 11.9 Å². The number of fused-ring (bicyclic) bond motifs is 1. The molecule has 3 aromatic rings. The number of hydrogen-bond acceptors (Lipinski definition) is 5. The lowest BCUT2D eigenvalue weighted by molar-refractivity contribution is 0.340. The van der Waals surface area contributed by atoms with E-state index in [1.165, 1.54) is 0 Å². The third-order valence-electron chi connectivity index (χ3n) is 4.63. The van der Waals surface area contributed by atoms with E-state index in [0.717, 1.165) is 16.9 Å². The molecule has 0 unspecified atom stereocenters. The largest absolute Gasteiger partial charge is 0.494 e. The van der Waals surface area contributed by atoms with E-state index >= 15 is 0 Å². The summed E-state index contributed by atoms with van der Waals surface area (Å²) in [7, 11) is 0. The van der Waals surface area contributed by atoms with Gasteiger partial charge in [0.25, 0.3) is 0 Å². The summed E-state index contributed by atoms with van der Waals surface area (Å²) in [6.07, 6.45) is 0.702. The number of ether oxygens (including phenoxy) is 1. The van der Waals surface area contributed by atoms with Crippen LogP contribution in [0.3, 0.4) is 0 Å². The van der Waals surface area contributed by atoms with Gasteiger partial charge in [0, 0.05) is 15.6 Å². The number of nitrogens with zero attached hydrogens (tertiary/aromatic N) is 3. The zero-order valence-corrected chi connectivity index (χ0v) is 16.2. The summed E-state index contributed by atoms with van der Waals surface area (Å²) in [5.41, 5.74) is 7.78. The van der Waals surface area contributed by atoms with Gasteiger partial charge in [-0.15, -0.1) is 5.10 Å². The van der Waals surface area contributed by atoms with E-state index in [1.807, 2.05) is 49.4 Å². The third-order valence-corrected chi connectivity index (χ3v) is 5.29. The maximum Gasteiger partial charge on any atom is 0.241 e. The number of nitrogens with one attached hydrogen (secondary N) is 1. The van der Waals surface area contributed by atoms with Gasteiger partial charge in [-0.25, -0.2) is 4.68 Å². The predicted molar refractivity (Wildman–Crippen MR) is 108 cm³/mol. The lowest BCUT2D eigenvalue weighted by atomic mass is 9.93. The van der Waals surface area contributed by atoms with Crippen LogP contribution >= 0.6 is 23.2 Å². The Morgan fingerprint density at radius 3 is 2.56 bits per heavy atom. The van der Waals surface area contributed by atoms with Crippen LogP contribution in [0.25, 0.3) is 0 Å². The molecule has 0 amide bonds. The van der Waals surface area contributed by atoms with Crippen LogP contribution in [0.2, 0.25) is 10.0 Å². The monoisotopic (exact) mass is 403 g/mol. The van der Waals surface area contributed by atoms with Crippen LogP contribution in [0.4, 0.5) is 11.9 Å². The number of aromatic nitrogens is 3. The number of hydrogen-bond donors (Lipinski definition) is 2. The molecule has 4 rings (SSSR count). The minimum absolute atomic E-state index is 0.00844. The summed E-state index contributed by atoms with van der Waals surface area (Å²) in [4.78, 5) is 4.32. The standard InChI is InChI=1S/C19H19Cl2N5O/c1-2-27-12-8-6-11(7-9-12)15-10-16(17-13(20)4-3-5-14(17)21)26-19(23-15)24-18(22)25-26/h3-9,15-16H,2,10H2,1H3,(H3,22,23,24,25)/t15-,16+/m1/s1. The molecule has 0 bridgehead atoms. The van der Waals surface area contributed by atoms with Gasteiger partial charge >= 0.3 is 0 Å². The molecule has 0 saturated heterocycles. The molecule has 140 valence electrons. The molecule has 2 atom stereocenters. The van der Waals surface area contributed by atoms with E-state index in [4.69, 9.17) is 33.7 Å². The molecule has 1 aliphatic rings. The normalized spacial score (nSPS) is 18.6. The highest BCUT2D eigenvalue weighted by molar-refractivity contribution is 6.36. The molecule has 0 spiro atoms. The molecule has 1 aliphatic heterocycles. The first-order valence-corrected chi connectivity index (χ1v) is 9.47. The zero-order valence-electron chi connectivity index (χ0n) is 14.7. The van der Waals surface area contributed by atoms with Gasteiger partial charge in [0.15, 0.2) is 0 Å². The number of anilines is 2. The average molecular weight is 404 g/mol. The zero-order chi connectivity index (χ0) is 19.0. The average Bonchev–Trinajstić information content (AvgIpc) is 3.02. The van der Waals surface area contributed by atoms with Crippen molar-refractivity contribution in [1.29, 1.82) is 0 Å². The summed E-state index contributed by atoms with van der Waals surface area (Å²) in [6, 6.07) is 13.3. The summed E-state index contributed by atoms with van der Waals surface area (Å²) in [5.74, 6) is 1.65. The maximum absolute atomic E-state index is 6.47. The van der Waals surface area contributed by atoms with Crippen LogP contribution < -0.4 is 15.8 Å². The molecule has 3 N–H and O–H groups in total. The van der Waals surface area contributed by atoms with Crippen molar-refractivity contribution in [3.05, 3.63) is 63.6 Å². The fourth-order valence-electron chi connectivity index (χ4n) is 3.45. The molecule has 8 heteroatoms. The second-order valence-corrected chi connectivity index (χ2v) is 7.14. The van der Waals surface area contributed by atoms with Crippen LogP contribution in [0, 0.1) is 0 Å². The smallest absolute Gasteiger partial charge is 0.241 e. The van der Waals surface area contributed by atoms with Crippen LogP contribution in [-0.4, -0.2) is 21.4 Å². The Bertz CT molecular complexity index is 937. The number of halogens is 2. The summed E-state index contributed by atoms with van der Waals surface area (Å²) in [6.45, 7) is 2.60. The Morgan fingerprint density at radius 1 is 1.19 bits per heavy atom. The van der Waals surface area contributed by atoms with E-state index in [9.17, 15) is 0 Å². The van der Waals surface area contributed by atoms with Crippen LogP contribution in [0.15, 0.2) is 42.5 Å². The van der Waals surface area contributed by atoms with E-state index in [0.29, 0.717) is 29.0 Å². The molecule has 6 nitrogen and oxygen atoms in total. The van der Waals surface area contributed by atoms with Gasteiger partial charge in [-0.05, 0) is 43.2 Å². The fraction of sp³-hybridized carbons (Fsp3) is 0.263. The lowest BCUT2D eigenvalue weighted by Gasteiger charge is -2.32. The van der Waals surface area contributed by atoms with Crippen molar-refractivity contribution in [3.8, 4) is 5.75 Å². The first-order valence-electron chi connectivity index (χ1n) is 8.72. The van der Waals surface area contributed by atoms with Crippen molar-refractivity contribution in [2.24, 2.45) is 0 Å². The lowest BCUT2D eigenvalue weighted by Crippen LogP contribution is -2.28. The first-order chi connectivity index (χ1) is 13.1. The molecular formula is C19H19Cl2N5O. The Hall–Kier alpha value is -2.44. The highest BCUT2D eigenvalue weighted by atomic mass is 35.5. The van der Waals surface area contributed by atoms with E-state index in [2.05, 4.69) is 15.4 Å². The summed E-state index contributed by atoms with van der Waals surface area (Å²) in [5, 5.41) is 8.94. The van der Waals surface area contributed by atoms with E-state index in [1.54, 1.807) is 4.68 Å².